The zero-order valence-corrected chi connectivity index (χ0v) is 15.6. The van der Waals surface area contributed by atoms with Crippen LogP contribution < -0.4 is 9.47 Å². The Balaban J connectivity index is 1.43. The first-order valence-electron chi connectivity index (χ1n) is 8.72. The highest BCUT2D eigenvalue weighted by Crippen LogP contribution is 2.31. The summed E-state index contributed by atoms with van der Waals surface area (Å²) >= 11 is 1.23. The number of ether oxygens (including phenoxy) is 2. The van der Waals surface area contributed by atoms with E-state index < -0.39 is 0 Å². The van der Waals surface area contributed by atoms with Crippen molar-refractivity contribution in [2.45, 2.75) is 18.6 Å². The molecule has 0 amide bonds. The maximum absolute atomic E-state index is 12.5. The molecule has 0 saturated heterocycles. The van der Waals surface area contributed by atoms with Gasteiger partial charge in [-0.2, -0.15) is 0 Å². The van der Waals surface area contributed by atoms with E-state index in [-0.39, 0.29) is 11.5 Å². The van der Waals surface area contributed by atoms with Gasteiger partial charge in [0.1, 0.15) is 11.5 Å². The Kier molecular flexibility index (Phi) is 5.11. The van der Waals surface area contributed by atoms with Gasteiger partial charge in [0.05, 0.1) is 24.5 Å². The fourth-order valence-electron chi connectivity index (χ4n) is 2.87. The highest BCUT2D eigenvalue weighted by atomic mass is 32.2. The van der Waals surface area contributed by atoms with Crippen LogP contribution >= 0.6 is 11.8 Å². The number of hydrogen-bond donors (Lipinski definition) is 0. The summed E-state index contributed by atoms with van der Waals surface area (Å²) in [7, 11) is 0. The van der Waals surface area contributed by atoms with Crippen LogP contribution in [0, 0.1) is 0 Å². The third-order valence-corrected chi connectivity index (χ3v) is 4.98. The number of carbonyl (C=O) groups excluding carboxylic acids is 1. The Morgan fingerprint density at radius 2 is 2.11 bits per heavy atom. The zero-order chi connectivity index (χ0) is 18.6. The Labute approximate surface area is 160 Å². The lowest BCUT2D eigenvalue weighted by Gasteiger charge is -2.06. The molecule has 7 heteroatoms. The molecule has 6 nitrogen and oxygen atoms in total. The number of thioether (sulfide) groups is 1. The lowest BCUT2D eigenvalue weighted by molar-refractivity contribution is 0.102. The summed E-state index contributed by atoms with van der Waals surface area (Å²) in [5, 5.41) is 8.47. The van der Waals surface area contributed by atoms with E-state index in [2.05, 4.69) is 10.2 Å². The number of rotatable bonds is 7. The topological polar surface area (TPSA) is 74.5 Å². The molecule has 1 aliphatic rings. The Morgan fingerprint density at radius 3 is 3.00 bits per heavy atom. The van der Waals surface area contributed by atoms with Crippen molar-refractivity contribution in [1.29, 1.82) is 0 Å². The van der Waals surface area contributed by atoms with Crippen LogP contribution in [0.5, 0.6) is 11.5 Å². The number of ketones is 1. The van der Waals surface area contributed by atoms with Crippen molar-refractivity contribution in [3.63, 3.8) is 0 Å². The molecule has 0 radical (unpaired) electrons. The van der Waals surface area contributed by atoms with Crippen molar-refractivity contribution < 1.29 is 18.7 Å². The molecular weight excluding hydrogens is 364 g/mol. The van der Waals surface area contributed by atoms with Crippen LogP contribution in [-0.4, -0.2) is 34.9 Å². The minimum absolute atomic E-state index is 0.0177. The molecular formula is C20H18N2O4S. The predicted octanol–water partition coefficient (Wildman–Crippen LogP) is 4.05. The zero-order valence-electron chi connectivity index (χ0n) is 14.8. The molecule has 0 aliphatic carbocycles. The fourth-order valence-corrected chi connectivity index (χ4v) is 3.53. The first kappa shape index (κ1) is 17.6. The summed E-state index contributed by atoms with van der Waals surface area (Å²) in [6, 6.07) is 13.1. The lowest BCUT2D eigenvalue weighted by atomic mass is 10.1. The molecule has 138 valence electrons. The van der Waals surface area contributed by atoms with Gasteiger partial charge in [0.25, 0.3) is 11.1 Å². The molecule has 0 saturated carbocycles. The van der Waals surface area contributed by atoms with Gasteiger partial charge >= 0.3 is 0 Å². The summed E-state index contributed by atoms with van der Waals surface area (Å²) < 4.78 is 16.8. The largest absolute Gasteiger partial charge is 0.493 e. The molecule has 2 heterocycles. The molecule has 0 fully saturated rings. The van der Waals surface area contributed by atoms with Gasteiger partial charge in [-0.05, 0) is 42.8 Å². The lowest BCUT2D eigenvalue weighted by Crippen LogP contribution is -2.02. The third-order valence-electron chi connectivity index (χ3n) is 4.16. The smallest absolute Gasteiger partial charge is 0.277 e. The van der Waals surface area contributed by atoms with Crippen molar-refractivity contribution in [1.82, 2.24) is 10.2 Å². The van der Waals surface area contributed by atoms with Crippen molar-refractivity contribution in [2.75, 3.05) is 19.0 Å². The van der Waals surface area contributed by atoms with Crippen molar-refractivity contribution in [3.8, 4) is 23.0 Å². The molecule has 3 aromatic rings. The second kappa shape index (κ2) is 7.84. The van der Waals surface area contributed by atoms with Crippen molar-refractivity contribution in [3.05, 3.63) is 53.6 Å². The SMILES string of the molecule is CCOc1ccccc1-c1nnc(SCC(=O)c2ccc3c(c2)CCO3)o1. The van der Waals surface area contributed by atoms with Gasteiger partial charge in [0.15, 0.2) is 5.78 Å². The second-order valence-electron chi connectivity index (χ2n) is 5.94. The minimum atomic E-state index is 0.0177. The van der Waals surface area contributed by atoms with Gasteiger partial charge < -0.3 is 13.9 Å². The molecule has 0 spiro atoms. The Morgan fingerprint density at radius 1 is 1.22 bits per heavy atom. The Bertz CT molecular complexity index is 970. The number of carbonyl (C=O) groups is 1. The van der Waals surface area contributed by atoms with E-state index in [1.807, 2.05) is 43.3 Å². The van der Waals surface area contributed by atoms with Crippen LogP contribution in [0.3, 0.4) is 0 Å². The summed E-state index contributed by atoms with van der Waals surface area (Å²) in [5.41, 5.74) is 2.50. The average Bonchev–Trinajstić information content (AvgIpc) is 3.35. The van der Waals surface area contributed by atoms with Crippen LogP contribution in [0.2, 0.25) is 0 Å². The molecule has 2 aromatic carbocycles. The van der Waals surface area contributed by atoms with Crippen LogP contribution in [0.1, 0.15) is 22.8 Å². The first-order chi connectivity index (χ1) is 13.2. The number of fused-ring (bicyclic) bond motifs is 1. The van der Waals surface area contributed by atoms with E-state index in [1.54, 1.807) is 6.07 Å². The number of para-hydroxylation sites is 1. The highest BCUT2D eigenvalue weighted by Gasteiger charge is 2.17. The van der Waals surface area contributed by atoms with E-state index in [4.69, 9.17) is 13.9 Å². The van der Waals surface area contributed by atoms with Crippen LogP contribution in [0.15, 0.2) is 52.1 Å². The van der Waals surface area contributed by atoms with E-state index in [9.17, 15) is 4.79 Å². The Hall–Kier alpha value is -2.80. The minimum Gasteiger partial charge on any atom is -0.493 e. The van der Waals surface area contributed by atoms with E-state index in [0.717, 1.165) is 23.3 Å². The quantitative estimate of drug-likeness (QED) is 0.451. The van der Waals surface area contributed by atoms with Gasteiger partial charge in [-0.15, -0.1) is 10.2 Å². The van der Waals surface area contributed by atoms with Crippen molar-refractivity contribution in [2.24, 2.45) is 0 Å². The molecule has 27 heavy (non-hydrogen) atoms. The molecule has 4 rings (SSSR count). The average molecular weight is 382 g/mol. The number of hydrogen-bond acceptors (Lipinski definition) is 7. The number of aromatic nitrogens is 2. The first-order valence-corrected chi connectivity index (χ1v) is 9.70. The monoisotopic (exact) mass is 382 g/mol. The highest BCUT2D eigenvalue weighted by molar-refractivity contribution is 7.99. The fraction of sp³-hybridized carbons (Fsp3) is 0.250. The molecule has 0 unspecified atom stereocenters. The van der Waals surface area contributed by atoms with Gasteiger partial charge in [-0.3, -0.25) is 4.79 Å². The summed E-state index contributed by atoms with van der Waals surface area (Å²) in [6.45, 7) is 3.14. The second-order valence-corrected chi connectivity index (χ2v) is 6.86. The number of benzene rings is 2. The van der Waals surface area contributed by atoms with Gasteiger partial charge in [-0.1, -0.05) is 23.9 Å². The van der Waals surface area contributed by atoms with E-state index in [0.29, 0.717) is 35.6 Å². The van der Waals surface area contributed by atoms with Crippen molar-refractivity contribution >= 4 is 17.5 Å². The van der Waals surface area contributed by atoms with Crippen LogP contribution in [0.25, 0.3) is 11.5 Å². The maximum Gasteiger partial charge on any atom is 0.277 e. The van der Waals surface area contributed by atoms with Gasteiger partial charge in [0, 0.05) is 12.0 Å². The number of nitrogens with zero attached hydrogens (tertiary/aromatic N) is 2. The maximum atomic E-state index is 12.5. The van der Waals surface area contributed by atoms with Gasteiger partial charge in [-0.25, -0.2) is 0 Å². The molecule has 0 atom stereocenters. The van der Waals surface area contributed by atoms with Gasteiger partial charge in [0.2, 0.25) is 0 Å². The van der Waals surface area contributed by atoms with E-state index >= 15 is 0 Å². The third kappa shape index (κ3) is 3.83. The summed E-state index contributed by atoms with van der Waals surface area (Å²) in [6.07, 6.45) is 0.843. The molecule has 0 N–H and O–H groups in total. The standard InChI is InChI=1S/C20H18N2O4S/c1-2-24-18-6-4-3-5-15(18)19-21-22-20(26-19)27-12-16(23)13-7-8-17-14(11-13)9-10-25-17/h3-8,11H,2,9-10,12H2,1H3. The van der Waals surface area contributed by atoms with E-state index in [1.165, 1.54) is 11.8 Å². The summed E-state index contributed by atoms with van der Waals surface area (Å²) in [4.78, 5) is 12.5. The molecule has 1 aromatic heterocycles. The van der Waals surface area contributed by atoms with Crippen LogP contribution in [-0.2, 0) is 6.42 Å². The normalized spacial score (nSPS) is 12.5. The predicted molar refractivity (Wildman–Crippen MR) is 102 cm³/mol. The number of Topliss-reactive ketones (excluding diaryl/α,β-unsaturated/α-hetero) is 1. The molecule has 0 bridgehead atoms. The summed E-state index contributed by atoms with van der Waals surface area (Å²) in [5.74, 6) is 2.19. The van der Waals surface area contributed by atoms with Crippen LogP contribution in [0.4, 0.5) is 0 Å². The molecule has 1 aliphatic heterocycles.